The first-order valence-electron chi connectivity index (χ1n) is 8.40. The average Bonchev–Trinajstić information content (AvgIpc) is 3.30. The lowest BCUT2D eigenvalue weighted by Crippen LogP contribution is -2.08. The first kappa shape index (κ1) is 17.3. The van der Waals surface area contributed by atoms with Gasteiger partial charge in [0.15, 0.2) is 5.82 Å². The quantitative estimate of drug-likeness (QED) is 0.512. The molecule has 27 heavy (non-hydrogen) atoms. The van der Waals surface area contributed by atoms with Gasteiger partial charge < -0.3 is 4.42 Å². The highest BCUT2D eigenvalue weighted by Crippen LogP contribution is 2.22. The molecule has 0 radical (unpaired) electrons. The van der Waals surface area contributed by atoms with Gasteiger partial charge in [-0.05, 0) is 41.6 Å². The molecule has 0 spiro atoms. The highest BCUT2D eigenvalue weighted by Gasteiger charge is 2.17. The van der Waals surface area contributed by atoms with Gasteiger partial charge in [0.2, 0.25) is 5.89 Å². The normalized spacial score (nSPS) is 12.2. The first-order valence-corrected chi connectivity index (χ1v) is 9.89. The van der Waals surface area contributed by atoms with E-state index in [9.17, 15) is 4.21 Å². The minimum atomic E-state index is -1.22. The fourth-order valence-electron chi connectivity index (χ4n) is 2.68. The standard InChI is InChI=1S/C19H17N5O2S/c1-14-17(20-19(26-14)15-8-4-2-5-9-15)12-27(25)13-18-21-22-23-24(18)16-10-6-3-7-11-16/h2-11H,12-13H2,1H3. The Kier molecular flexibility index (Phi) is 4.88. The number of rotatable bonds is 6. The van der Waals surface area contributed by atoms with E-state index < -0.39 is 10.8 Å². The molecule has 136 valence electrons. The van der Waals surface area contributed by atoms with Crippen LogP contribution in [-0.2, 0) is 22.3 Å². The summed E-state index contributed by atoms with van der Waals surface area (Å²) in [5.74, 6) is 2.27. The Bertz CT molecular complexity index is 1060. The number of tetrazole rings is 1. The molecule has 7 nitrogen and oxygen atoms in total. The predicted molar refractivity (Wildman–Crippen MR) is 101 cm³/mol. The minimum absolute atomic E-state index is 0.231. The fraction of sp³-hybridized carbons (Fsp3) is 0.158. The van der Waals surface area contributed by atoms with Gasteiger partial charge in [-0.15, -0.1) is 5.10 Å². The summed E-state index contributed by atoms with van der Waals surface area (Å²) in [6, 6.07) is 19.2. The lowest BCUT2D eigenvalue weighted by atomic mass is 10.2. The van der Waals surface area contributed by atoms with Crippen molar-refractivity contribution in [2.24, 2.45) is 0 Å². The topological polar surface area (TPSA) is 86.7 Å². The van der Waals surface area contributed by atoms with Crippen molar-refractivity contribution in [1.82, 2.24) is 25.2 Å². The molecule has 0 aliphatic heterocycles. The van der Waals surface area contributed by atoms with Crippen LogP contribution in [0.5, 0.6) is 0 Å². The van der Waals surface area contributed by atoms with Crippen LogP contribution in [0, 0.1) is 6.92 Å². The van der Waals surface area contributed by atoms with E-state index in [0.717, 1.165) is 11.3 Å². The van der Waals surface area contributed by atoms with Crippen LogP contribution in [0.4, 0.5) is 0 Å². The van der Waals surface area contributed by atoms with Gasteiger partial charge in [0.05, 0.1) is 22.9 Å². The molecule has 4 rings (SSSR count). The number of benzene rings is 2. The predicted octanol–water partition coefficient (Wildman–Crippen LogP) is 3.07. The summed E-state index contributed by atoms with van der Waals surface area (Å²) in [5, 5.41) is 11.7. The van der Waals surface area contributed by atoms with E-state index in [2.05, 4.69) is 20.5 Å². The molecule has 0 saturated carbocycles. The van der Waals surface area contributed by atoms with Gasteiger partial charge in [-0.2, -0.15) is 4.68 Å². The molecule has 2 aromatic carbocycles. The number of aryl methyl sites for hydroxylation is 1. The molecule has 2 heterocycles. The molecule has 2 aromatic heterocycles. The zero-order valence-corrected chi connectivity index (χ0v) is 15.5. The summed E-state index contributed by atoms with van der Waals surface area (Å²) < 4.78 is 20.0. The molecule has 1 unspecified atom stereocenters. The molecule has 8 heteroatoms. The summed E-state index contributed by atoms with van der Waals surface area (Å²) in [4.78, 5) is 4.51. The number of oxazole rings is 1. The third kappa shape index (κ3) is 3.85. The SMILES string of the molecule is Cc1oc(-c2ccccc2)nc1CS(=O)Cc1nnnn1-c1ccccc1. The van der Waals surface area contributed by atoms with Crippen LogP contribution in [0.2, 0.25) is 0 Å². The summed E-state index contributed by atoms with van der Waals surface area (Å²) in [5.41, 5.74) is 2.41. The van der Waals surface area contributed by atoms with Gasteiger partial charge >= 0.3 is 0 Å². The Labute approximate surface area is 158 Å². The van der Waals surface area contributed by atoms with Crippen LogP contribution in [0.15, 0.2) is 65.1 Å². The Balaban J connectivity index is 1.50. The summed E-state index contributed by atoms with van der Waals surface area (Å²) in [7, 11) is -1.22. The highest BCUT2D eigenvalue weighted by atomic mass is 32.2. The van der Waals surface area contributed by atoms with Crippen molar-refractivity contribution >= 4 is 10.8 Å². The van der Waals surface area contributed by atoms with Gasteiger partial charge in [-0.1, -0.05) is 36.4 Å². The summed E-state index contributed by atoms with van der Waals surface area (Å²) >= 11 is 0. The second-order valence-corrected chi connectivity index (χ2v) is 7.42. The van der Waals surface area contributed by atoms with Crippen molar-refractivity contribution < 1.29 is 8.63 Å². The van der Waals surface area contributed by atoms with E-state index in [1.807, 2.05) is 67.6 Å². The van der Waals surface area contributed by atoms with Crippen LogP contribution in [0.25, 0.3) is 17.1 Å². The van der Waals surface area contributed by atoms with Crippen molar-refractivity contribution in [3.8, 4) is 17.1 Å². The zero-order chi connectivity index (χ0) is 18.6. The van der Waals surface area contributed by atoms with Crippen LogP contribution in [0.1, 0.15) is 17.3 Å². The largest absolute Gasteiger partial charge is 0.441 e. The smallest absolute Gasteiger partial charge is 0.226 e. The fourth-order valence-corrected chi connectivity index (χ4v) is 3.82. The minimum Gasteiger partial charge on any atom is -0.441 e. The molecule has 0 aliphatic rings. The van der Waals surface area contributed by atoms with E-state index in [-0.39, 0.29) is 11.5 Å². The Morgan fingerprint density at radius 3 is 2.44 bits per heavy atom. The maximum Gasteiger partial charge on any atom is 0.226 e. The van der Waals surface area contributed by atoms with Crippen molar-refractivity contribution in [2.75, 3.05) is 0 Å². The highest BCUT2D eigenvalue weighted by molar-refractivity contribution is 7.83. The van der Waals surface area contributed by atoms with Crippen molar-refractivity contribution in [3.05, 3.63) is 77.9 Å². The third-order valence-corrected chi connectivity index (χ3v) is 5.21. The van der Waals surface area contributed by atoms with Crippen molar-refractivity contribution in [1.29, 1.82) is 0 Å². The molecule has 4 aromatic rings. The van der Waals surface area contributed by atoms with Gasteiger partial charge in [0.25, 0.3) is 0 Å². The molecule has 0 N–H and O–H groups in total. The van der Waals surface area contributed by atoms with Gasteiger partial charge in [-0.3, -0.25) is 4.21 Å². The number of para-hydroxylation sites is 1. The number of nitrogens with zero attached hydrogens (tertiary/aromatic N) is 5. The van der Waals surface area contributed by atoms with E-state index in [0.29, 0.717) is 23.2 Å². The van der Waals surface area contributed by atoms with Crippen LogP contribution in [0.3, 0.4) is 0 Å². The Hall–Kier alpha value is -3.13. The summed E-state index contributed by atoms with van der Waals surface area (Å²) in [6.07, 6.45) is 0. The number of aromatic nitrogens is 5. The van der Waals surface area contributed by atoms with Crippen molar-refractivity contribution in [2.45, 2.75) is 18.4 Å². The van der Waals surface area contributed by atoms with Crippen LogP contribution in [-0.4, -0.2) is 29.4 Å². The second kappa shape index (κ2) is 7.63. The molecule has 0 saturated heterocycles. The van der Waals surface area contributed by atoms with E-state index in [1.54, 1.807) is 4.68 Å². The maximum atomic E-state index is 12.7. The van der Waals surface area contributed by atoms with Crippen LogP contribution >= 0.6 is 0 Å². The first-order chi connectivity index (χ1) is 13.2. The van der Waals surface area contributed by atoms with E-state index >= 15 is 0 Å². The third-order valence-electron chi connectivity index (χ3n) is 4.04. The molecule has 1 atom stereocenters. The lowest BCUT2D eigenvalue weighted by molar-refractivity contribution is 0.540. The molecular formula is C19H17N5O2S. The molecule has 0 aliphatic carbocycles. The lowest BCUT2D eigenvalue weighted by Gasteiger charge is -2.04. The number of hydrogen-bond acceptors (Lipinski definition) is 6. The number of hydrogen-bond donors (Lipinski definition) is 0. The van der Waals surface area contributed by atoms with E-state index in [1.165, 1.54) is 0 Å². The van der Waals surface area contributed by atoms with Gasteiger partial charge in [-0.25, -0.2) is 4.98 Å². The molecule has 0 amide bonds. The average molecular weight is 379 g/mol. The van der Waals surface area contributed by atoms with Crippen LogP contribution < -0.4 is 0 Å². The Morgan fingerprint density at radius 1 is 1.00 bits per heavy atom. The maximum absolute atomic E-state index is 12.7. The monoisotopic (exact) mass is 379 g/mol. The molecule has 0 fully saturated rings. The molecular weight excluding hydrogens is 362 g/mol. The van der Waals surface area contributed by atoms with Gasteiger partial charge in [0.1, 0.15) is 5.76 Å². The summed E-state index contributed by atoms with van der Waals surface area (Å²) in [6.45, 7) is 1.83. The molecule has 0 bridgehead atoms. The van der Waals surface area contributed by atoms with Crippen molar-refractivity contribution in [3.63, 3.8) is 0 Å². The van der Waals surface area contributed by atoms with E-state index in [4.69, 9.17) is 4.42 Å². The zero-order valence-electron chi connectivity index (χ0n) is 14.6. The second-order valence-electron chi connectivity index (χ2n) is 5.96. The van der Waals surface area contributed by atoms with Gasteiger partial charge in [0, 0.05) is 16.4 Å². The Morgan fingerprint density at radius 2 is 1.70 bits per heavy atom.